The number of carbonyl (C=O) groups excluding carboxylic acids is 2. The Bertz CT molecular complexity index is 488. The zero-order valence-electron chi connectivity index (χ0n) is 12.3. The zero-order valence-corrected chi connectivity index (χ0v) is 12.3. The molecule has 0 aromatic heterocycles. The van der Waals surface area contributed by atoms with E-state index in [1.807, 2.05) is 36.1 Å². The number of hydrogen-bond donors (Lipinski definition) is 0. The van der Waals surface area contributed by atoms with Crippen LogP contribution in [0.25, 0.3) is 0 Å². The Kier molecular flexibility index (Phi) is 4.27. The molecule has 1 aromatic carbocycles. The molecular weight excluding hydrogens is 254 g/mol. The highest BCUT2D eigenvalue weighted by Gasteiger charge is 2.25. The fraction of sp³-hybridized carbons (Fsp3) is 0.467. The van der Waals surface area contributed by atoms with E-state index >= 15 is 0 Å². The van der Waals surface area contributed by atoms with Crippen LogP contribution in [0.4, 0.5) is 4.79 Å². The van der Waals surface area contributed by atoms with Crippen LogP contribution in [0.3, 0.4) is 0 Å². The molecule has 0 saturated carbocycles. The number of rotatable bonds is 1. The van der Waals surface area contributed by atoms with Gasteiger partial charge in [0.05, 0.1) is 0 Å². The Morgan fingerprint density at radius 2 is 1.45 bits per heavy atom. The largest absolute Gasteiger partial charge is 0.335 e. The van der Waals surface area contributed by atoms with Crippen LogP contribution in [0.5, 0.6) is 0 Å². The summed E-state index contributed by atoms with van der Waals surface area (Å²) in [4.78, 5) is 29.3. The molecule has 1 heterocycles. The molecule has 1 aliphatic heterocycles. The van der Waals surface area contributed by atoms with Gasteiger partial charge in [0.1, 0.15) is 0 Å². The molecule has 1 fully saturated rings. The molecule has 0 bridgehead atoms. The topological polar surface area (TPSA) is 43.9 Å². The predicted molar refractivity (Wildman–Crippen MR) is 77.7 cm³/mol. The molecule has 0 N–H and O–H groups in total. The first-order valence-electron chi connectivity index (χ1n) is 6.81. The molecule has 0 unspecified atom stereocenters. The standard InChI is InChI=1S/C15H21N3O2/c1-12-4-6-13(7-5-12)14(19)17-8-10-18(11-9-17)15(20)16(2)3/h4-7H,8-11H2,1-3H3. The Morgan fingerprint density at radius 3 is 1.95 bits per heavy atom. The van der Waals surface area contributed by atoms with Gasteiger partial charge < -0.3 is 14.7 Å². The predicted octanol–water partition coefficient (Wildman–Crippen LogP) is 1.43. The second-order valence-electron chi connectivity index (χ2n) is 5.32. The van der Waals surface area contributed by atoms with Crippen molar-refractivity contribution in [2.24, 2.45) is 0 Å². The van der Waals surface area contributed by atoms with E-state index in [1.54, 1.807) is 23.9 Å². The average Bonchev–Trinajstić information content (AvgIpc) is 2.46. The van der Waals surface area contributed by atoms with Gasteiger partial charge in [0.25, 0.3) is 5.91 Å². The molecule has 0 atom stereocenters. The van der Waals surface area contributed by atoms with E-state index in [0.29, 0.717) is 31.7 Å². The SMILES string of the molecule is Cc1ccc(C(=O)N2CCN(C(=O)N(C)C)CC2)cc1. The highest BCUT2D eigenvalue weighted by atomic mass is 16.2. The van der Waals surface area contributed by atoms with Gasteiger partial charge in [0, 0.05) is 45.8 Å². The molecule has 1 aromatic rings. The van der Waals surface area contributed by atoms with Gasteiger partial charge >= 0.3 is 6.03 Å². The maximum Gasteiger partial charge on any atom is 0.319 e. The maximum atomic E-state index is 12.3. The molecule has 1 saturated heterocycles. The van der Waals surface area contributed by atoms with E-state index in [2.05, 4.69) is 0 Å². The third-order valence-electron chi connectivity index (χ3n) is 3.52. The van der Waals surface area contributed by atoms with Gasteiger partial charge in [0.15, 0.2) is 0 Å². The molecule has 0 radical (unpaired) electrons. The van der Waals surface area contributed by atoms with Crippen molar-refractivity contribution in [2.75, 3.05) is 40.3 Å². The molecule has 0 spiro atoms. The molecule has 5 heteroatoms. The molecule has 5 nitrogen and oxygen atoms in total. The van der Waals surface area contributed by atoms with Crippen molar-refractivity contribution in [3.63, 3.8) is 0 Å². The number of carbonyl (C=O) groups is 2. The zero-order chi connectivity index (χ0) is 14.7. The van der Waals surface area contributed by atoms with Crippen LogP contribution in [0.15, 0.2) is 24.3 Å². The summed E-state index contributed by atoms with van der Waals surface area (Å²) in [6, 6.07) is 7.61. The summed E-state index contributed by atoms with van der Waals surface area (Å²) in [6.45, 7) is 4.36. The van der Waals surface area contributed by atoms with Crippen molar-refractivity contribution in [3.05, 3.63) is 35.4 Å². The minimum Gasteiger partial charge on any atom is -0.335 e. The Labute approximate surface area is 119 Å². The van der Waals surface area contributed by atoms with Crippen molar-refractivity contribution in [3.8, 4) is 0 Å². The summed E-state index contributed by atoms with van der Waals surface area (Å²) in [6.07, 6.45) is 0. The van der Waals surface area contributed by atoms with Gasteiger partial charge in [-0.3, -0.25) is 4.79 Å². The lowest BCUT2D eigenvalue weighted by Crippen LogP contribution is -2.52. The molecular formula is C15H21N3O2. The summed E-state index contributed by atoms with van der Waals surface area (Å²) in [5.74, 6) is 0.0435. The first-order valence-corrected chi connectivity index (χ1v) is 6.81. The number of nitrogens with zero attached hydrogens (tertiary/aromatic N) is 3. The van der Waals surface area contributed by atoms with Gasteiger partial charge in [-0.05, 0) is 19.1 Å². The summed E-state index contributed by atoms with van der Waals surface area (Å²) >= 11 is 0. The minimum absolute atomic E-state index is 0.00688. The number of aryl methyl sites for hydroxylation is 1. The Balaban J connectivity index is 1.95. The van der Waals surface area contributed by atoms with E-state index in [-0.39, 0.29) is 11.9 Å². The fourth-order valence-electron chi connectivity index (χ4n) is 2.26. The lowest BCUT2D eigenvalue weighted by atomic mass is 10.1. The van der Waals surface area contributed by atoms with Crippen molar-refractivity contribution in [2.45, 2.75) is 6.92 Å². The first-order chi connectivity index (χ1) is 9.49. The van der Waals surface area contributed by atoms with Crippen LogP contribution in [0.1, 0.15) is 15.9 Å². The quantitative estimate of drug-likeness (QED) is 0.778. The van der Waals surface area contributed by atoms with E-state index in [9.17, 15) is 9.59 Å². The van der Waals surface area contributed by atoms with Crippen LogP contribution in [-0.4, -0.2) is 66.9 Å². The number of benzene rings is 1. The number of hydrogen-bond acceptors (Lipinski definition) is 2. The molecule has 1 aliphatic rings. The van der Waals surface area contributed by atoms with Crippen LogP contribution in [0, 0.1) is 6.92 Å². The van der Waals surface area contributed by atoms with Crippen LogP contribution in [0.2, 0.25) is 0 Å². The van der Waals surface area contributed by atoms with Gasteiger partial charge in [-0.1, -0.05) is 17.7 Å². The number of urea groups is 1. The van der Waals surface area contributed by atoms with Gasteiger partial charge in [-0.2, -0.15) is 0 Å². The lowest BCUT2D eigenvalue weighted by Gasteiger charge is -2.36. The summed E-state index contributed by atoms with van der Waals surface area (Å²) < 4.78 is 0. The van der Waals surface area contributed by atoms with E-state index in [0.717, 1.165) is 5.56 Å². The maximum absolute atomic E-state index is 12.3. The van der Waals surface area contributed by atoms with Gasteiger partial charge in [-0.15, -0.1) is 0 Å². The Morgan fingerprint density at radius 1 is 0.950 bits per heavy atom. The van der Waals surface area contributed by atoms with E-state index < -0.39 is 0 Å². The second kappa shape index (κ2) is 5.94. The fourth-order valence-corrected chi connectivity index (χ4v) is 2.26. The third kappa shape index (κ3) is 3.10. The van der Waals surface area contributed by atoms with Gasteiger partial charge in [-0.25, -0.2) is 4.79 Å². The normalized spacial score (nSPS) is 15.2. The molecule has 0 aliphatic carbocycles. The summed E-state index contributed by atoms with van der Waals surface area (Å²) in [5.41, 5.74) is 1.85. The van der Waals surface area contributed by atoms with Crippen molar-refractivity contribution in [1.29, 1.82) is 0 Å². The monoisotopic (exact) mass is 275 g/mol. The summed E-state index contributed by atoms with van der Waals surface area (Å²) in [5, 5.41) is 0. The van der Waals surface area contributed by atoms with Crippen LogP contribution < -0.4 is 0 Å². The van der Waals surface area contributed by atoms with E-state index in [4.69, 9.17) is 0 Å². The Hall–Kier alpha value is -2.04. The number of piperazine rings is 1. The van der Waals surface area contributed by atoms with Crippen LogP contribution in [-0.2, 0) is 0 Å². The van der Waals surface area contributed by atoms with Crippen molar-refractivity contribution < 1.29 is 9.59 Å². The molecule has 2 rings (SSSR count). The van der Waals surface area contributed by atoms with Crippen LogP contribution >= 0.6 is 0 Å². The molecule has 108 valence electrons. The lowest BCUT2D eigenvalue weighted by molar-refractivity contribution is 0.0650. The second-order valence-corrected chi connectivity index (χ2v) is 5.32. The highest BCUT2D eigenvalue weighted by molar-refractivity contribution is 5.94. The molecule has 20 heavy (non-hydrogen) atoms. The van der Waals surface area contributed by atoms with Crippen molar-refractivity contribution in [1.82, 2.24) is 14.7 Å². The highest BCUT2D eigenvalue weighted by Crippen LogP contribution is 2.10. The summed E-state index contributed by atoms with van der Waals surface area (Å²) in [7, 11) is 3.48. The van der Waals surface area contributed by atoms with Gasteiger partial charge in [0.2, 0.25) is 0 Å². The minimum atomic E-state index is 0.00688. The van der Waals surface area contributed by atoms with Crippen molar-refractivity contribution >= 4 is 11.9 Å². The average molecular weight is 275 g/mol. The third-order valence-corrected chi connectivity index (χ3v) is 3.52. The molecule has 3 amide bonds. The number of amides is 3. The first kappa shape index (κ1) is 14.4. The van der Waals surface area contributed by atoms with E-state index in [1.165, 1.54) is 0 Å². The smallest absolute Gasteiger partial charge is 0.319 e.